The molecule has 0 amide bonds. The molecule has 0 radical (unpaired) electrons. The molecule has 0 saturated heterocycles. The van der Waals surface area contributed by atoms with Gasteiger partial charge in [-0.2, -0.15) is 4.68 Å². The molecule has 0 aromatic carbocycles. The lowest BCUT2D eigenvalue weighted by Crippen LogP contribution is -2.19. The number of hydrogen-bond acceptors (Lipinski definition) is 4. The van der Waals surface area contributed by atoms with E-state index in [0.717, 1.165) is 0 Å². The second-order valence-corrected chi connectivity index (χ2v) is 6.47. The van der Waals surface area contributed by atoms with Crippen molar-refractivity contribution in [3.05, 3.63) is 53.6 Å². The zero-order valence-corrected chi connectivity index (χ0v) is 13.4. The van der Waals surface area contributed by atoms with E-state index in [4.69, 9.17) is 4.74 Å². The van der Waals surface area contributed by atoms with Gasteiger partial charge in [0.1, 0.15) is 11.4 Å². The van der Waals surface area contributed by atoms with E-state index in [1.165, 1.54) is 4.68 Å². The summed E-state index contributed by atoms with van der Waals surface area (Å²) >= 11 is 0. The molecular weight excluding hydrogens is 306 g/mol. The summed E-state index contributed by atoms with van der Waals surface area (Å²) in [5.74, 6) is 1.18. The molecule has 1 N–H and O–H groups in total. The molecule has 24 heavy (non-hydrogen) atoms. The lowest BCUT2D eigenvalue weighted by molar-refractivity contribution is 0.197. The van der Waals surface area contributed by atoms with E-state index in [1.54, 1.807) is 47.8 Å². The summed E-state index contributed by atoms with van der Waals surface area (Å²) in [6.45, 7) is 6.90. The third-order valence-electron chi connectivity index (χ3n) is 3.16. The summed E-state index contributed by atoms with van der Waals surface area (Å²) in [5.41, 5.74) is 0.366. The van der Waals surface area contributed by atoms with E-state index < -0.39 is 0 Å². The first-order valence-corrected chi connectivity index (χ1v) is 7.32. The van der Waals surface area contributed by atoms with Crippen molar-refractivity contribution in [2.75, 3.05) is 6.61 Å². The first-order chi connectivity index (χ1) is 10.9. The van der Waals surface area contributed by atoms with Crippen LogP contribution in [0, 0.1) is 5.41 Å². The maximum atomic E-state index is 12.4. The van der Waals surface area contributed by atoms with Gasteiger partial charge in [-0.15, -0.1) is 0 Å². The van der Waals surface area contributed by atoms with Crippen LogP contribution in [0.4, 0.5) is 0 Å². The largest absolute Gasteiger partial charge is 0.491 e. The van der Waals surface area contributed by atoms with Gasteiger partial charge in [-0.05, 0) is 17.5 Å². The highest BCUT2D eigenvalue weighted by atomic mass is 16.5. The van der Waals surface area contributed by atoms with Gasteiger partial charge in [-0.1, -0.05) is 28.2 Å². The number of nitrogens with zero attached hydrogens (tertiary/aromatic N) is 4. The van der Waals surface area contributed by atoms with E-state index in [9.17, 15) is 4.79 Å². The molecule has 0 bridgehead atoms. The molecule has 7 heteroatoms. The van der Waals surface area contributed by atoms with Crippen LogP contribution in [0.1, 0.15) is 28.2 Å². The second kappa shape index (κ2) is 6.74. The third kappa shape index (κ3) is 3.73. The fraction of sp³-hybridized carbons (Fsp3) is 0.353. The molecule has 3 heterocycles. The molecular formula is C17H23N5O2. The Hall–Kier alpha value is -2.83. The van der Waals surface area contributed by atoms with Crippen LogP contribution < -0.4 is 10.3 Å². The van der Waals surface area contributed by atoms with E-state index >= 15 is 0 Å². The smallest absolute Gasteiger partial charge is 0.296 e. The Kier molecular flexibility index (Phi) is 4.92. The predicted octanol–water partition coefficient (Wildman–Crippen LogP) is 2.81. The van der Waals surface area contributed by atoms with Crippen molar-refractivity contribution in [1.82, 2.24) is 24.3 Å². The van der Waals surface area contributed by atoms with Crippen LogP contribution in [0.25, 0.3) is 11.5 Å². The third-order valence-corrected chi connectivity index (χ3v) is 3.16. The van der Waals surface area contributed by atoms with Crippen LogP contribution in [-0.4, -0.2) is 30.9 Å². The average molecular weight is 329 g/mol. The van der Waals surface area contributed by atoms with Gasteiger partial charge >= 0.3 is 0 Å². The molecule has 0 atom stereocenters. The molecule has 0 saturated carbocycles. The van der Waals surface area contributed by atoms with Crippen LogP contribution in [0.15, 0.2) is 48.0 Å². The number of rotatable bonds is 4. The Bertz CT molecular complexity index is 823. The first-order valence-electron chi connectivity index (χ1n) is 7.32. The van der Waals surface area contributed by atoms with Gasteiger partial charge in [0.25, 0.3) is 5.56 Å². The number of aromatic nitrogens is 5. The fourth-order valence-electron chi connectivity index (χ4n) is 2.01. The number of ether oxygens (including phenoxy) is 1. The minimum atomic E-state index is -0.196. The molecule has 7 nitrogen and oxygen atoms in total. The van der Waals surface area contributed by atoms with Gasteiger partial charge < -0.3 is 4.74 Å². The molecule has 3 aromatic rings. The molecule has 0 unspecified atom stereocenters. The van der Waals surface area contributed by atoms with Gasteiger partial charge in [0.15, 0.2) is 5.82 Å². The molecule has 3 rings (SSSR count). The molecule has 3 aromatic heterocycles. The first kappa shape index (κ1) is 17.5. The van der Waals surface area contributed by atoms with Crippen LogP contribution in [0.2, 0.25) is 0 Å². The van der Waals surface area contributed by atoms with Crippen molar-refractivity contribution in [2.24, 2.45) is 5.41 Å². The van der Waals surface area contributed by atoms with Crippen molar-refractivity contribution < 1.29 is 4.74 Å². The van der Waals surface area contributed by atoms with Crippen molar-refractivity contribution in [3.63, 3.8) is 0 Å². The normalized spacial score (nSPS) is 11.1. The second-order valence-electron chi connectivity index (χ2n) is 6.47. The summed E-state index contributed by atoms with van der Waals surface area (Å²) in [6, 6.07) is 3.55. The van der Waals surface area contributed by atoms with Crippen LogP contribution in [-0.2, 0) is 0 Å². The SMILES string of the molecule is C.CC(C)(C)COc1ccc(-n2[nH]cc(-n3ccnc3)c2=O)nc1. The molecule has 0 fully saturated rings. The topological polar surface area (TPSA) is 77.7 Å². The van der Waals surface area contributed by atoms with Crippen LogP contribution in [0.5, 0.6) is 5.75 Å². The molecule has 0 aliphatic carbocycles. The molecule has 128 valence electrons. The summed E-state index contributed by atoms with van der Waals surface area (Å²) in [5, 5.41) is 2.91. The van der Waals surface area contributed by atoms with E-state index in [2.05, 4.69) is 35.8 Å². The van der Waals surface area contributed by atoms with Crippen molar-refractivity contribution in [1.29, 1.82) is 0 Å². The Morgan fingerprint density at radius 2 is 2.08 bits per heavy atom. The average Bonchev–Trinajstić information content (AvgIpc) is 3.14. The van der Waals surface area contributed by atoms with Gasteiger partial charge in [-0.3, -0.25) is 14.5 Å². The standard InChI is InChI=1S/C16H19N5O2.CH4/c1-16(2,3)10-23-12-4-5-14(18-8-12)21-15(22)13(9-19-21)20-7-6-17-11-20;/h4-9,11,19H,10H2,1-3H3;1H4. The number of pyridine rings is 1. The zero-order valence-electron chi connectivity index (χ0n) is 13.4. The van der Waals surface area contributed by atoms with Crippen molar-refractivity contribution >= 4 is 0 Å². The Morgan fingerprint density at radius 3 is 2.67 bits per heavy atom. The maximum Gasteiger partial charge on any atom is 0.296 e. The fourth-order valence-corrected chi connectivity index (χ4v) is 2.01. The van der Waals surface area contributed by atoms with E-state index in [0.29, 0.717) is 23.9 Å². The zero-order chi connectivity index (χ0) is 16.4. The number of imidazole rings is 1. The Labute approximate surface area is 140 Å². The number of nitrogens with one attached hydrogen (secondary N) is 1. The van der Waals surface area contributed by atoms with Gasteiger partial charge in [0, 0.05) is 18.6 Å². The summed E-state index contributed by atoms with van der Waals surface area (Å²) in [7, 11) is 0. The minimum Gasteiger partial charge on any atom is -0.491 e. The van der Waals surface area contributed by atoms with E-state index in [-0.39, 0.29) is 18.4 Å². The minimum absolute atomic E-state index is 0. The van der Waals surface area contributed by atoms with Gasteiger partial charge in [-0.25, -0.2) is 9.97 Å². The van der Waals surface area contributed by atoms with Crippen LogP contribution >= 0.6 is 0 Å². The number of H-pyrrole nitrogens is 1. The highest BCUT2D eigenvalue weighted by Gasteiger charge is 2.12. The maximum absolute atomic E-state index is 12.4. The van der Waals surface area contributed by atoms with E-state index in [1.807, 2.05) is 0 Å². The van der Waals surface area contributed by atoms with Crippen LogP contribution in [0.3, 0.4) is 0 Å². The van der Waals surface area contributed by atoms with Gasteiger partial charge in [0.05, 0.1) is 19.1 Å². The molecule has 0 aliphatic heterocycles. The van der Waals surface area contributed by atoms with Crippen molar-refractivity contribution in [2.45, 2.75) is 28.2 Å². The summed E-state index contributed by atoms with van der Waals surface area (Å²) < 4.78 is 8.71. The lowest BCUT2D eigenvalue weighted by Gasteiger charge is -2.18. The number of aromatic amines is 1. The highest BCUT2D eigenvalue weighted by molar-refractivity contribution is 5.33. The molecule has 0 spiro atoms. The van der Waals surface area contributed by atoms with Crippen molar-refractivity contribution in [3.8, 4) is 17.3 Å². The quantitative estimate of drug-likeness (QED) is 0.798. The lowest BCUT2D eigenvalue weighted by atomic mass is 9.99. The number of hydrogen-bond donors (Lipinski definition) is 1. The monoisotopic (exact) mass is 329 g/mol. The summed E-state index contributed by atoms with van der Waals surface area (Å²) in [4.78, 5) is 20.7. The predicted molar refractivity (Wildman–Crippen MR) is 93.0 cm³/mol. The summed E-state index contributed by atoms with van der Waals surface area (Å²) in [6.07, 6.45) is 8.15. The van der Waals surface area contributed by atoms with Gasteiger partial charge in [0.2, 0.25) is 0 Å². The Morgan fingerprint density at radius 1 is 1.29 bits per heavy atom. The highest BCUT2D eigenvalue weighted by Crippen LogP contribution is 2.17. The molecule has 0 aliphatic rings. The Balaban J connectivity index is 0.00000208.